The number of likely N-dealkylation sites (tertiary alicyclic amines) is 1. The molecule has 2 heterocycles. The Morgan fingerprint density at radius 2 is 2.00 bits per heavy atom. The van der Waals surface area contributed by atoms with Crippen LogP contribution in [0.2, 0.25) is 0 Å². The SMILES string of the molecule is CCC1(CNC2=NCC(C)N2)CCN(Cc2ccccc2)CC1. The topological polar surface area (TPSA) is 39.7 Å². The Labute approximate surface area is 140 Å². The Balaban J connectivity index is 1.49. The fraction of sp³-hybridized carbons (Fsp3) is 0.632. The molecule has 0 saturated carbocycles. The summed E-state index contributed by atoms with van der Waals surface area (Å²) in [6, 6.07) is 11.3. The first-order valence-electron chi connectivity index (χ1n) is 9.00. The normalized spacial score (nSPS) is 24.1. The van der Waals surface area contributed by atoms with E-state index in [0.29, 0.717) is 11.5 Å². The van der Waals surface area contributed by atoms with E-state index < -0.39 is 0 Å². The van der Waals surface area contributed by atoms with Gasteiger partial charge < -0.3 is 10.6 Å². The van der Waals surface area contributed by atoms with Crippen LogP contribution in [0.25, 0.3) is 0 Å². The summed E-state index contributed by atoms with van der Waals surface area (Å²) in [4.78, 5) is 7.12. The lowest BCUT2D eigenvalue weighted by Crippen LogP contribution is -2.48. The molecule has 2 aliphatic heterocycles. The van der Waals surface area contributed by atoms with Gasteiger partial charge in [0, 0.05) is 19.1 Å². The predicted molar refractivity (Wildman–Crippen MR) is 96.6 cm³/mol. The lowest BCUT2D eigenvalue weighted by Gasteiger charge is -2.41. The molecule has 0 spiro atoms. The van der Waals surface area contributed by atoms with Gasteiger partial charge >= 0.3 is 0 Å². The summed E-state index contributed by atoms with van der Waals surface area (Å²) >= 11 is 0. The summed E-state index contributed by atoms with van der Waals surface area (Å²) in [7, 11) is 0. The van der Waals surface area contributed by atoms with Crippen molar-refractivity contribution in [1.29, 1.82) is 0 Å². The second kappa shape index (κ2) is 7.35. The molecule has 1 atom stereocenters. The summed E-state index contributed by atoms with van der Waals surface area (Å²) in [5.74, 6) is 0.997. The zero-order valence-electron chi connectivity index (χ0n) is 14.5. The Bertz CT molecular complexity index is 517. The number of nitrogens with one attached hydrogen (secondary N) is 2. The largest absolute Gasteiger partial charge is 0.356 e. The highest BCUT2D eigenvalue weighted by molar-refractivity contribution is 5.81. The van der Waals surface area contributed by atoms with E-state index in [4.69, 9.17) is 0 Å². The van der Waals surface area contributed by atoms with Gasteiger partial charge in [0.15, 0.2) is 5.96 Å². The molecular weight excluding hydrogens is 284 g/mol. The number of rotatable bonds is 5. The minimum Gasteiger partial charge on any atom is -0.356 e. The Kier molecular flexibility index (Phi) is 5.21. The van der Waals surface area contributed by atoms with Crippen molar-refractivity contribution >= 4 is 5.96 Å². The summed E-state index contributed by atoms with van der Waals surface area (Å²) in [5, 5.41) is 6.96. The van der Waals surface area contributed by atoms with Gasteiger partial charge in [-0.3, -0.25) is 9.89 Å². The highest BCUT2D eigenvalue weighted by Crippen LogP contribution is 2.34. The maximum absolute atomic E-state index is 4.52. The van der Waals surface area contributed by atoms with Crippen molar-refractivity contribution in [1.82, 2.24) is 15.5 Å². The molecule has 3 rings (SSSR count). The summed E-state index contributed by atoms with van der Waals surface area (Å²) in [6.45, 7) is 9.92. The molecule has 1 aromatic rings. The number of aliphatic imine (C=N–C) groups is 1. The van der Waals surface area contributed by atoms with Crippen molar-refractivity contribution in [2.75, 3.05) is 26.2 Å². The lowest BCUT2D eigenvalue weighted by atomic mass is 9.76. The van der Waals surface area contributed by atoms with E-state index in [9.17, 15) is 0 Å². The maximum atomic E-state index is 4.52. The van der Waals surface area contributed by atoms with Crippen molar-refractivity contribution in [3.05, 3.63) is 35.9 Å². The molecule has 0 aromatic heterocycles. The van der Waals surface area contributed by atoms with E-state index in [2.05, 4.69) is 64.7 Å². The van der Waals surface area contributed by atoms with Gasteiger partial charge in [-0.2, -0.15) is 0 Å². The van der Waals surface area contributed by atoms with E-state index in [0.717, 1.165) is 25.6 Å². The molecule has 4 nitrogen and oxygen atoms in total. The van der Waals surface area contributed by atoms with Crippen LogP contribution in [0.5, 0.6) is 0 Å². The second-order valence-electron chi connectivity index (χ2n) is 7.20. The first-order chi connectivity index (χ1) is 11.2. The Morgan fingerprint density at radius 3 is 2.61 bits per heavy atom. The fourth-order valence-corrected chi connectivity index (χ4v) is 3.61. The highest BCUT2D eigenvalue weighted by Gasteiger charge is 2.33. The van der Waals surface area contributed by atoms with E-state index in [-0.39, 0.29) is 0 Å². The molecule has 0 aliphatic carbocycles. The quantitative estimate of drug-likeness (QED) is 0.877. The Hall–Kier alpha value is -1.55. The lowest BCUT2D eigenvalue weighted by molar-refractivity contribution is 0.0971. The van der Waals surface area contributed by atoms with Crippen molar-refractivity contribution < 1.29 is 0 Å². The second-order valence-corrected chi connectivity index (χ2v) is 7.20. The number of guanidine groups is 1. The highest BCUT2D eigenvalue weighted by atomic mass is 15.2. The maximum Gasteiger partial charge on any atom is 0.191 e. The minimum absolute atomic E-state index is 0.420. The van der Waals surface area contributed by atoms with Crippen LogP contribution in [0.15, 0.2) is 35.3 Å². The van der Waals surface area contributed by atoms with Gasteiger partial charge in [-0.05, 0) is 50.3 Å². The zero-order valence-corrected chi connectivity index (χ0v) is 14.5. The van der Waals surface area contributed by atoms with E-state index in [1.54, 1.807) is 0 Å². The van der Waals surface area contributed by atoms with E-state index in [1.165, 1.54) is 37.9 Å². The summed E-state index contributed by atoms with van der Waals surface area (Å²) in [6.07, 6.45) is 3.78. The molecule has 1 saturated heterocycles. The van der Waals surface area contributed by atoms with Crippen LogP contribution in [-0.4, -0.2) is 43.1 Å². The standard InChI is InChI=1S/C19H30N4/c1-3-19(15-21-18-20-13-16(2)22-18)9-11-23(12-10-19)14-17-7-5-4-6-8-17/h4-8,16H,3,9-15H2,1-2H3,(H2,20,21,22). The van der Waals surface area contributed by atoms with Gasteiger partial charge in [0.2, 0.25) is 0 Å². The van der Waals surface area contributed by atoms with Crippen LogP contribution in [0.3, 0.4) is 0 Å². The fourth-order valence-electron chi connectivity index (χ4n) is 3.61. The monoisotopic (exact) mass is 314 g/mol. The average molecular weight is 314 g/mol. The van der Waals surface area contributed by atoms with Gasteiger partial charge in [0.05, 0.1) is 6.54 Å². The molecule has 0 amide bonds. The molecule has 0 bridgehead atoms. The van der Waals surface area contributed by atoms with Crippen LogP contribution in [0, 0.1) is 5.41 Å². The number of piperidine rings is 1. The van der Waals surface area contributed by atoms with Gasteiger partial charge in [0.25, 0.3) is 0 Å². The van der Waals surface area contributed by atoms with Crippen molar-refractivity contribution in [3.8, 4) is 0 Å². The van der Waals surface area contributed by atoms with Crippen molar-refractivity contribution in [2.45, 2.75) is 45.7 Å². The molecule has 2 aliphatic rings. The predicted octanol–water partition coefficient (Wildman–Crippen LogP) is 2.62. The number of hydrogen-bond donors (Lipinski definition) is 2. The number of benzene rings is 1. The van der Waals surface area contributed by atoms with Crippen LogP contribution >= 0.6 is 0 Å². The molecule has 1 aromatic carbocycles. The van der Waals surface area contributed by atoms with Crippen LogP contribution in [0.4, 0.5) is 0 Å². The molecule has 0 radical (unpaired) electrons. The third-order valence-electron chi connectivity index (χ3n) is 5.45. The third kappa shape index (κ3) is 4.25. The zero-order chi connectivity index (χ0) is 16.1. The Morgan fingerprint density at radius 1 is 1.26 bits per heavy atom. The van der Waals surface area contributed by atoms with Crippen molar-refractivity contribution in [3.63, 3.8) is 0 Å². The number of nitrogens with zero attached hydrogens (tertiary/aromatic N) is 2. The first kappa shape index (κ1) is 16.3. The van der Waals surface area contributed by atoms with Gasteiger partial charge in [0.1, 0.15) is 0 Å². The van der Waals surface area contributed by atoms with Gasteiger partial charge in [-0.15, -0.1) is 0 Å². The van der Waals surface area contributed by atoms with E-state index >= 15 is 0 Å². The van der Waals surface area contributed by atoms with Gasteiger partial charge in [-0.25, -0.2) is 0 Å². The van der Waals surface area contributed by atoms with Crippen LogP contribution < -0.4 is 10.6 Å². The third-order valence-corrected chi connectivity index (χ3v) is 5.45. The average Bonchev–Trinajstić information content (AvgIpc) is 3.01. The smallest absolute Gasteiger partial charge is 0.191 e. The van der Waals surface area contributed by atoms with Crippen molar-refractivity contribution in [2.24, 2.45) is 10.4 Å². The first-order valence-corrected chi connectivity index (χ1v) is 9.00. The molecule has 2 N–H and O–H groups in total. The summed E-state index contributed by atoms with van der Waals surface area (Å²) < 4.78 is 0. The molecule has 1 fully saturated rings. The molecular formula is C19H30N4. The molecule has 23 heavy (non-hydrogen) atoms. The minimum atomic E-state index is 0.420. The molecule has 126 valence electrons. The molecule has 4 heteroatoms. The van der Waals surface area contributed by atoms with Crippen LogP contribution in [-0.2, 0) is 6.54 Å². The summed E-state index contributed by atoms with van der Waals surface area (Å²) in [5.41, 5.74) is 1.84. The van der Waals surface area contributed by atoms with E-state index in [1.807, 2.05) is 0 Å². The number of hydrogen-bond acceptors (Lipinski definition) is 4. The molecule has 1 unspecified atom stereocenters. The van der Waals surface area contributed by atoms with Gasteiger partial charge in [-0.1, -0.05) is 37.3 Å². The van der Waals surface area contributed by atoms with Crippen LogP contribution in [0.1, 0.15) is 38.7 Å².